The van der Waals surface area contributed by atoms with E-state index in [1.54, 1.807) is 42.9 Å². The van der Waals surface area contributed by atoms with Crippen molar-refractivity contribution in [3.05, 3.63) is 181 Å². The van der Waals surface area contributed by atoms with Crippen molar-refractivity contribution in [2.24, 2.45) is 0 Å². The zero-order valence-electron chi connectivity index (χ0n) is 27.4. The van der Waals surface area contributed by atoms with Gasteiger partial charge in [-0.25, -0.2) is 4.39 Å². The van der Waals surface area contributed by atoms with Crippen LogP contribution >= 0.6 is 46.1 Å². The second-order valence-corrected chi connectivity index (χ2v) is 12.4. The number of aryl methyl sites for hydroxylation is 6. The Morgan fingerprint density at radius 1 is 0.587 bits per heavy atom. The lowest BCUT2D eigenvalue weighted by Crippen LogP contribution is -1.80. The average molecular weight is 700 g/mol. The maximum Gasteiger partial charge on any atom is 0.123 e. The highest BCUT2D eigenvalue weighted by Crippen LogP contribution is 2.21. The van der Waals surface area contributed by atoms with Gasteiger partial charge in [-0.1, -0.05) is 100 Å². The van der Waals surface area contributed by atoms with Gasteiger partial charge in [-0.2, -0.15) is 0 Å². The number of rotatable bonds is 1. The third-order valence-electron chi connectivity index (χ3n) is 5.68. The number of thiophene rings is 1. The molecule has 2 aromatic heterocycles. The minimum absolute atomic E-state index is 0.171. The van der Waals surface area contributed by atoms with Crippen molar-refractivity contribution < 1.29 is 13.5 Å². The smallest absolute Gasteiger partial charge is 0.123 e. The molecule has 7 heteroatoms. The van der Waals surface area contributed by atoms with Gasteiger partial charge in [-0.05, 0) is 119 Å². The van der Waals surface area contributed by atoms with Crippen LogP contribution in [0.5, 0.6) is 5.75 Å². The van der Waals surface area contributed by atoms with Crippen LogP contribution in [0.4, 0.5) is 4.39 Å². The van der Waals surface area contributed by atoms with E-state index in [1.165, 1.54) is 28.1 Å². The van der Waals surface area contributed by atoms with Gasteiger partial charge in [0.2, 0.25) is 0 Å². The van der Waals surface area contributed by atoms with Gasteiger partial charge >= 0.3 is 0 Å². The predicted octanol–water partition coefficient (Wildman–Crippen LogP) is 13.7. The zero-order chi connectivity index (χ0) is 34.3. The second-order valence-electron chi connectivity index (χ2n) is 9.97. The van der Waals surface area contributed by atoms with Gasteiger partial charge in [-0.3, -0.25) is 0 Å². The summed E-state index contributed by atoms with van der Waals surface area (Å²) in [4.78, 5) is 1.38. The lowest BCUT2D eigenvalue weighted by atomic mass is 10.2. The summed E-state index contributed by atoms with van der Waals surface area (Å²) in [7, 11) is 1.67. The van der Waals surface area contributed by atoms with E-state index in [9.17, 15) is 4.39 Å². The Bertz CT molecular complexity index is 1470. The minimum Gasteiger partial charge on any atom is -0.497 e. The largest absolute Gasteiger partial charge is 0.497 e. The normalized spacial score (nSPS) is 9.20. The molecule has 0 N–H and O–H groups in total. The van der Waals surface area contributed by atoms with Crippen LogP contribution in [0, 0.1) is 47.4 Å². The van der Waals surface area contributed by atoms with Crippen LogP contribution in [0.15, 0.2) is 131 Å². The summed E-state index contributed by atoms with van der Waals surface area (Å²) in [6.45, 7) is 12.0. The van der Waals surface area contributed by atoms with Gasteiger partial charge in [0.1, 0.15) is 17.3 Å². The van der Waals surface area contributed by atoms with Crippen molar-refractivity contribution in [3.63, 3.8) is 0 Å². The highest BCUT2D eigenvalue weighted by atomic mass is 35.5. The molecule has 0 aliphatic carbocycles. The molecule has 6 aromatic rings. The first-order chi connectivity index (χ1) is 21.9. The molecule has 0 bridgehead atoms. The first kappa shape index (κ1) is 40.5. The number of methoxy groups -OCH3 is 1. The topological polar surface area (TPSA) is 22.4 Å². The fourth-order valence-corrected chi connectivity index (χ4v) is 4.07. The van der Waals surface area contributed by atoms with Gasteiger partial charge in [0, 0.05) is 9.90 Å². The molecule has 0 aliphatic rings. The number of ether oxygens (including phenoxy) is 1. The Kier molecular flexibility index (Phi) is 20.9. The van der Waals surface area contributed by atoms with E-state index in [2.05, 4.69) is 31.4 Å². The summed E-state index contributed by atoms with van der Waals surface area (Å²) < 4.78 is 21.9. The van der Waals surface area contributed by atoms with Crippen LogP contribution < -0.4 is 4.74 Å². The van der Waals surface area contributed by atoms with E-state index in [-0.39, 0.29) is 5.82 Å². The third-order valence-corrected chi connectivity index (χ3v) is 7.47. The number of halogens is 4. The molecule has 46 heavy (non-hydrogen) atoms. The quantitative estimate of drug-likeness (QED) is 0.170. The fourth-order valence-electron chi connectivity index (χ4n) is 3.06. The maximum atomic E-state index is 12.1. The molecule has 2 nitrogen and oxygen atoms in total. The molecule has 0 unspecified atom stereocenters. The van der Waals surface area contributed by atoms with Crippen LogP contribution in [-0.4, -0.2) is 7.11 Å². The van der Waals surface area contributed by atoms with Crippen LogP contribution in [0.25, 0.3) is 0 Å². The van der Waals surface area contributed by atoms with Crippen LogP contribution in [0.2, 0.25) is 15.1 Å². The van der Waals surface area contributed by atoms with Crippen molar-refractivity contribution in [2.45, 2.75) is 41.5 Å². The molecular weight excluding hydrogens is 658 g/mol. The second kappa shape index (κ2) is 23.7. The van der Waals surface area contributed by atoms with Crippen molar-refractivity contribution in [1.82, 2.24) is 0 Å². The number of hydrogen-bond acceptors (Lipinski definition) is 3. The van der Waals surface area contributed by atoms with E-state index in [0.29, 0.717) is 10.0 Å². The standard InChI is InChI=1S/C8H10O.C7H6Cl2.C7H7Cl.C7H7F.C5H6O.C5H6S/c1-7-3-5-8(9-2)6-4-7;1-5-2-3-6(8)7(9)4-5;2*1-6-2-4-7(8)5-3-6;2*1-5-3-2-4-6-5/h3-6H,1-2H3;2-4H,1H3;2*2-5H,1H3;2*2-4H,1H3. The summed E-state index contributed by atoms with van der Waals surface area (Å²) in [5, 5.41) is 4.12. The van der Waals surface area contributed by atoms with Crippen molar-refractivity contribution in [2.75, 3.05) is 7.11 Å². The van der Waals surface area contributed by atoms with E-state index in [0.717, 1.165) is 27.7 Å². The Hall–Kier alpha value is -3.54. The first-order valence-electron chi connectivity index (χ1n) is 14.4. The molecule has 6 rings (SSSR count). The maximum absolute atomic E-state index is 12.1. The Morgan fingerprint density at radius 2 is 1.11 bits per heavy atom. The van der Waals surface area contributed by atoms with E-state index in [1.807, 2.05) is 100 Å². The molecule has 0 radical (unpaired) electrons. The van der Waals surface area contributed by atoms with Crippen molar-refractivity contribution in [3.8, 4) is 5.75 Å². The average Bonchev–Trinajstić information content (AvgIpc) is 3.73. The lowest BCUT2D eigenvalue weighted by Gasteiger charge is -1.97. The molecule has 2 heterocycles. The number of hydrogen-bond donors (Lipinski definition) is 0. The number of benzene rings is 4. The monoisotopic (exact) mass is 698 g/mol. The van der Waals surface area contributed by atoms with E-state index >= 15 is 0 Å². The van der Waals surface area contributed by atoms with Crippen LogP contribution in [-0.2, 0) is 0 Å². The Morgan fingerprint density at radius 3 is 1.41 bits per heavy atom. The van der Waals surface area contributed by atoms with Crippen molar-refractivity contribution >= 4 is 46.1 Å². The zero-order valence-corrected chi connectivity index (χ0v) is 30.4. The molecule has 0 aliphatic heterocycles. The van der Waals surface area contributed by atoms with Gasteiger partial charge in [-0.15, -0.1) is 11.3 Å². The van der Waals surface area contributed by atoms with Gasteiger partial charge in [0.05, 0.1) is 23.4 Å². The van der Waals surface area contributed by atoms with Gasteiger partial charge in [0.15, 0.2) is 0 Å². The van der Waals surface area contributed by atoms with Crippen LogP contribution in [0.1, 0.15) is 32.9 Å². The molecule has 4 aromatic carbocycles. The molecule has 244 valence electrons. The van der Waals surface area contributed by atoms with Gasteiger partial charge < -0.3 is 9.15 Å². The van der Waals surface area contributed by atoms with E-state index < -0.39 is 0 Å². The minimum atomic E-state index is -0.171. The Labute approximate surface area is 293 Å². The molecular formula is C39H42Cl3FO2S. The highest BCUT2D eigenvalue weighted by molar-refractivity contribution is 7.09. The molecule has 0 fully saturated rings. The molecule has 0 amide bonds. The Balaban J connectivity index is 0.000000278. The molecule has 0 saturated carbocycles. The predicted molar refractivity (Wildman–Crippen MR) is 199 cm³/mol. The first-order valence-corrected chi connectivity index (χ1v) is 16.4. The highest BCUT2D eigenvalue weighted by Gasteiger charge is 1.93. The molecule has 0 atom stereocenters. The van der Waals surface area contributed by atoms with Crippen molar-refractivity contribution in [1.29, 1.82) is 0 Å². The third kappa shape index (κ3) is 20.5. The number of furan rings is 1. The SMILES string of the molecule is COc1ccc(C)cc1.Cc1ccc(Cl)c(Cl)c1.Cc1ccc(Cl)cc1.Cc1ccc(F)cc1.Cc1ccco1.Cc1cccs1. The summed E-state index contributed by atoms with van der Waals surface area (Å²) in [5.74, 6) is 1.71. The van der Waals surface area contributed by atoms with Gasteiger partial charge in [0.25, 0.3) is 0 Å². The summed E-state index contributed by atoms with van der Waals surface area (Å²) in [5.41, 5.74) is 4.72. The summed E-state index contributed by atoms with van der Waals surface area (Å²) in [6.07, 6.45) is 1.66. The molecule has 0 spiro atoms. The lowest BCUT2D eigenvalue weighted by molar-refractivity contribution is 0.414. The van der Waals surface area contributed by atoms with E-state index in [4.69, 9.17) is 44.0 Å². The summed E-state index contributed by atoms with van der Waals surface area (Å²) in [6, 6.07) is 35.6. The fraction of sp³-hybridized carbons (Fsp3) is 0.179. The molecule has 0 saturated heterocycles. The van der Waals surface area contributed by atoms with Crippen LogP contribution in [0.3, 0.4) is 0 Å². The summed E-state index contributed by atoms with van der Waals surface area (Å²) >= 11 is 18.7.